The molecule has 0 spiro atoms. The first-order chi connectivity index (χ1) is 7.16. The molecule has 0 aromatic heterocycles. The van der Waals surface area contributed by atoms with Crippen LogP contribution in [0.1, 0.15) is 0 Å². The van der Waals surface area contributed by atoms with Crippen molar-refractivity contribution >= 4 is 57.1 Å². The molecule has 4 nitrogen and oxygen atoms in total. The third-order valence-corrected chi connectivity index (χ3v) is 2.90. The molecule has 0 aliphatic carbocycles. The van der Waals surface area contributed by atoms with Gasteiger partial charge in [0.1, 0.15) is 11.5 Å². The third kappa shape index (κ3) is 6.24. The Morgan fingerprint density at radius 2 is 1.25 bits per heavy atom. The van der Waals surface area contributed by atoms with Gasteiger partial charge in [-0.15, -0.1) is 0 Å². The van der Waals surface area contributed by atoms with Gasteiger partial charge in [0.05, 0.1) is 0 Å². The summed E-state index contributed by atoms with van der Waals surface area (Å²) in [5.41, 5.74) is 0. The maximum absolute atomic E-state index is 10.9. The summed E-state index contributed by atoms with van der Waals surface area (Å²) in [6.07, 6.45) is -7.41. The fourth-order valence-corrected chi connectivity index (χ4v) is 2.51. The Labute approximate surface area is 111 Å². The molecule has 0 fully saturated rings. The normalized spacial score (nSPS) is 12.2. The van der Waals surface area contributed by atoms with Crippen LogP contribution in [-0.4, -0.2) is 0 Å². The van der Waals surface area contributed by atoms with Crippen LogP contribution in [0.2, 0.25) is 0 Å². The SMILES string of the molecule is O=P(Cl)(Cl)Oc1cccc(OP(=O)(Cl)Cl)c1. The van der Waals surface area contributed by atoms with Crippen molar-refractivity contribution in [1.82, 2.24) is 0 Å². The highest BCUT2D eigenvalue weighted by Gasteiger charge is 2.19. The van der Waals surface area contributed by atoms with Gasteiger partial charge in [-0.1, -0.05) is 6.07 Å². The lowest BCUT2D eigenvalue weighted by Gasteiger charge is -2.09. The van der Waals surface area contributed by atoms with E-state index in [1.807, 2.05) is 0 Å². The summed E-state index contributed by atoms with van der Waals surface area (Å²) in [4.78, 5) is 0. The molecule has 1 aromatic rings. The third-order valence-electron chi connectivity index (χ3n) is 1.23. The predicted octanol–water partition coefficient (Wildman–Crippen LogP) is 5.62. The van der Waals surface area contributed by atoms with Gasteiger partial charge in [-0.05, 0) is 12.1 Å². The lowest BCUT2D eigenvalue weighted by atomic mass is 10.3. The Morgan fingerprint density at radius 3 is 1.56 bits per heavy atom. The summed E-state index contributed by atoms with van der Waals surface area (Å²) >= 11 is 20.8. The van der Waals surface area contributed by atoms with E-state index in [1.165, 1.54) is 24.3 Å². The van der Waals surface area contributed by atoms with E-state index in [4.69, 9.17) is 45.0 Å². The number of hydrogen-bond acceptors (Lipinski definition) is 4. The molecule has 1 rings (SSSR count). The molecule has 10 heteroatoms. The molecule has 0 aliphatic rings. The van der Waals surface area contributed by atoms with Gasteiger partial charge < -0.3 is 9.05 Å². The monoisotopic (exact) mass is 342 g/mol. The first-order valence-corrected chi connectivity index (χ1v) is 10.5. The van der Waals surface area contributed by atoms with Crippen LogP contribution in [-0.2, 0) is 9.13 Å². The Bertz CT molecular complexity index is 428. The van der Waals surface area contributed by atoms with Gasteiger partial charge in [0.15, 0.2) is 0 Å². The minimum absolute atomic E-state index is 0.0765. The highest BCUT2D eigenvalue weighted by molar-refractivity contribution is 8.05. The van der Waals surface area contributed by atoms with Crippen LogP contribution in [0.4, 0.5) is 0 Å². The zero-order valence-corrected chi connectivity index (χ0v) is 12.2. The molecular weight excluding hydrogens is 340 g/mol. The summed E-state index contributed by atoms with van der Waals surface area (Å²) in [7, 11) is 0. The minimum atomic E-state index is -3.70. The van der Waals surface area contributed by atoms with Crippen molar-refractivity contribution in [3.63, 3.8) is 0 Å². The molecule has 0 bridgehead atoms. The first kappa shape index (κ1) is 14.5. The molecule has 0 amide bonds. The number of rotatable bonds is 4. The van der Waals surface area contributed by atoms with Crippen LogP contribution < -0.4 is 9.05 Å². The second-order valence-electron chi connectivity index (χ2n) is 2.49. The largest absolute Gasteiger partial charge is 0.428 e. The quantitative estimate of drug-likeness (QED) is 0.666. The summed E-state index contributed by atoms with van der Waals surface area (Å²) in [6.45, 7) is 0. The van der Waals surface area contributed by atoms with Gasteiger partial charge in [-0.2, -0.15) is 0 Å². The maximum Gasteiger partial charge on any atom is 0.428 e. The lowest BCUT2D eigenvalue weighted by molar-refractivity contribution is 0.503. The van der Waals surface area contributed by atoms with Crippen molar-refractivity contribution in [2.45, 2.75) is 0 Å². The van der Waals surface area contributed by atoms with Gasteiger partial charge in [0, 0.05) is 51.0 Å². The molecule has 0 radical (unpaired) electrons. The van der Waals surface area contributed by atoms with Crippen molar-refractivity contribution < 1.29 is 18.2 Å². The average Bonchev–Trinajstić information content (AvgIpc) is 1.96. The van der Waals surface area contributed by atoms with Crippen LogP contribution >= 0.6 is 57.1 Å². The topological polar surface area (TPSA) is 52.6 Å². The second kappa shape index (κ2) is 5.39. The van der Waals surface area contributed by atoms with E-state index in [9.17, 15) is 9.13 Å². The van der Waals surface area contributed by atoms with Crippen LogP contribution in [0.25, 0.3) is 0 Å². The molecule has 0 saturated carbocycles. The van der Waals surface area contributed by atoms with Gasteiger partial charge in [-0.25, -0.2) is 9.13 Å². The minimum Gasteiger partial charge on any atom is -0.422 e. The lowest BCUT2D eigenvalue weighted by Crippen LogP contribution is -1.85. The Balaban J connectivity index is 2.88. The number of benzene rings is 1. The highest BCUT2D eigenvalue weighted by Crippen LogP contribution is 2.59. The van der Waals surface area contributed by atoms with Crippen LogP contribution in [0.15, 0.2) is 24.3 Å². The first-order valence-electron chi connectivity index (χ1n) is 3.64. The smallest absolute Gasteiger partial charge is 0.422 e. The summed E-state index contributed by atoms with van der Waals surface area (Å²) in [5.74, 6) is 0.153. The predicted molar refractivity (Wildman–Crippen MR) is 66.3 cm³/mol. The zero-order chi connectivity index (χ0) is 12.4. The molecule has 90 valence electrons. The Kier molecular flexibility index (Phi) is 4.88. The van der Waals surface area contributed by atoms with E-state index in [0.717, 1.165) is 0 Å². The summed E-state index contributed by atoms with van der Waals surface area (Å²) in [6, 6.07) is 5.57. The summed E-state index contributed by atoms with van der Waals surface area (Å²) in [5, 5.41) is 0. The maximum atomic E-state index is 10.9. The average molecular weight is 344 g/mol. The van der Waals surface area contributed by atoms with Gasteiger partial charge in [0.2, 0.25) is 0 Å². The standard InChI is InChI=1S/C6H4Cl4O4P2/c7-15(8,11)13-5-2-1-3-6(4-5)14-16(9,10)12/h1-4H. The molecular formula is C6H4Cl4O4P2. The molecule has 1 aromatic carbocycles. The van der Waals surface area contributed by atoms with Crippen molar-refractivity contribution in [2.24, 2.45) is 0 Å². The number of halogens is 4. The molecule has 0 aliphatic heterocycles. The van der Waals surface area contributed by atoms with E-state index < -0.39 is 12.1 Å². The van der Waals surface area contributed by atoms with E-state index in [2.05, 4.69) is 9.05 Å². The Morgan fingerprint density at radius 1 is 0.875 bits per heavy atom. The van der Waals surface area contributed by atoms with E-state index in [0.29, 0.717) is 0 Å². The van der Waals surface area contributed by atoms with Gasteiger partial charge >= 0.3 is 12.1 Å². The molecule has 16 heavy (non-hydrogen) atoms. The van der Waals surface area contributed by atoms with Crippen LogP contribution in [0, 0.1) is 0 Å². The van der Waals surface area contributed by atoms with Gasteiger partial charge in [0.25, 0.3) is 0 Å². The van der Waals surface area contributed by atoms with Crippen LogP contribution in [0.5, 0.6) is 11.5 Å². The van der Waals surface area contributed by atoms with Crippen molar-refractivity contribution in [3.8, 4) is 11.5 Å². The fourth-order valence-electron chi connectivity index (χ4n) is 0.833. The van der Waals surface area contributed by atoms with Crippen molar-refractivity contribution in [3.05, 3.63) is 24.3 Å². The molecule has 0 atom stereocenters. The van der Waals surface area contributed by atoms with Crippen molar-refractivity contribution in [2.75, 3.05) is 0 Å². The molecule has 0 heterocycles. The summed E-state index contributed by atoms with van der Waals surface area (Å²) < 4.78 is 31.3. The van der Waals surface area contributed by atoms with E-state index in [-0.39, 0.29) is 11.5 Å². The van der Waals surface area contributed by atoms with E-state index in [1.54, 1.807) is 0 Å². The van der Waals surface area contributed by atoms with Crippen LogP contribution in [0.3, 0.4) is 0 Å². The van der Waals surface area contributed by atoms with E-state index >= 15 is 0 Å². The second-order valence-corrected chi connectivity index (χ2v) is 10.9. The fraction of sp³-hybridized carbons (Fsp3) is 0. The van der Waals surface area contributed by atoms with Crippen molar-refractivity contribution in [1.29, 1.82) is 0 Å². The molecule has 0 unspecified atom stereocenters. The highest BCUT2D eigenvalue weighted by atomic mass is 35.9. The zero-order valence-electron chi connectivity index (χ0n) is 7.35. The number of hydrogen-bond donors (Lipinski definition) is 0. The Hall–Kier alpha value is 0.440. The molecule has 0 N–H and O–H groups in total. The van der Waals surface area contributed by atoms with Gasteiger partial charge in [-0.3, -0.25) is 0 Å². The molecule has 0 saturated heterocycles.